The lowest BCUT2D eigenvalue weighted by molar-refractivity contribution is -0.154. The molecule has 0 aromatic heterocycles. The second-order valence-electron chi connectivity index (χ2n) is 4.56. The molecule has 0 fully saturated rings. The van der Waals surface area contributed by atoms with Crippen molar-refractivity contribution in [1.29, 1.82) is 0 Å². The Bertz CT molecular complexity index is 383. The maximum atomic E-state index is 11.8. The largest absolute Gasteiger partial charge is 0.508 e. The molecule has 1 rings (SSSR count). The summed E-state index contributed by atoms with van der Waals surface area (Å²) >= 11 is 0. The summed E-state index contributed by atoms with van der Waals surface area (Å²) in [6.45, 7) is 5.77. The average molecular weight is 252 g/mol. The van der Waals surface area contributed by atoms with Crippen molar-refractivity contribution in [3.63, 3.8) is 0 Å². The summed E-state index contributed by atoms with van der Waals surface area (Å²) in [6, 6.07) is 6.19. The predicted molar refractivity (Wildman–Crippen MR) is 68.0 cm³/mol. The third-order valence-corrected chi connectivity index (χ3v) is 2.85. The number of aliphatic hydroxyl groups excluding tert-OH is 1. The fraction of sp³-hybridized carbons (Fsp3) is 0.500. The Labute approximate surface area is 107 Å². The average Bonchev–Trinajstić information content (AvgIpc) is 2.29. The summed E-state index contributed by atoms with van der Waals surface area (Å²) in [6.07, 6.45) is -0.926. The van der Waals surface area contributed by atoms with Gasteiger partial charge in [0.05, 0.1) is 18.6 Å². The van der Waals surface area contributed by atoms with E-state index in [9.17, 15) is 15.0 Å². The zero-order chi connectivity index (χ0) is 13.7. The molecular formula is C14H20O4. The van der Waals surface area contributed by atoms with Crippen LogP contribution in [0, 0.1) is 11.8 Å². The number of hydrogen-bond acceptors (Lipinski definition) is 4. The number of aliphatic hydroxyl groups is 1. The topological polar surface area (TPSA) is 66.8 Å². The van der Waals surface area contributed by atoms with Gasteiger partial charge in [-0.15, -0.1) is 0 Å². The van der Waals surface area contributed by atoms with Crippen LogP contribution in [0.1, 0.15) is 32.4 Å². The molecule has 2 unspecified atom stereocenters. The Hall–Kier alpha value is -1.55. The Morgan fingerprint density at radius 2 is 1.83 bits per heavy atom. The van der Waals surface area contributed by atoms with Gasteiger partial charge in [0.15, 0.2) is 0 Å². The van der Waals surface area contributed by atoms with Gasteiger partial charge in [-0.1, -0.05) is 26.0 Å². The molecular weight excluding hydrogens is 232 g/mol. The summed E-state index contributed by atoms with van der Waals surface area (Å²) in [4.78, 5) is 11.8. The van der Waals surface area contributed by atoms with Crippen molar-refractivity contribution < 1.29 is 19.7 Å². The van der Waals surface area contributed by atoms with Gasteiger partial charge in [-0.25, -0.2) is 0 Å². The van der Waals surface area contributed by atoms with Crippen LogP contribution in [0.5, 0.6) is 5.75 Å². The molecule has 0 heterocycles. The predicted octanol–water partition coefficient (Wildman–Crippen LogP) is 2.26. The molecule has 0 saturated carbocycles. The summed E-state index contributed by atoms with van der Waals surface area (Å²) in [7, 11) is 0. The highest BCUT2D eigenvalue weighted by Gasteiger charge is 2.32. The number of hydrogen-bond donors (Lipinski definition) is 2. The molecule has 1 aromatic rings. The molecule has 4 nitrogen and oxygen atoms in total. The Morgan fingerprint density at radius 1 is 1.28 bits per heavy atom. The highest BCUT2D eigenvalue weighted by Crippen LogP contribution is 2.30. The Morgan fingerprint density at radius 3 is 2.28 bits per heavy atom. The number of phenols is 1. The number of carbonyl (C=O) groups is 1. The maximum Gasteiger partial charge on any atom is 0.312 e. The Kier molecular flexibility index (Phi) is 5.16. The molecule has 0 aliphatic heterocycles. The van der Waals surface area contributed by atoms with Crippen LogP contribution in [0.15, 0.2) is 24.3 Å². The van der Waals surface area contributed by atoms with Gasteiger partial charge in [0.1, 0.15) is 5.75 Å². The van der Waals surface area contributed by atoms with Gasteiger partial charge >= 0.3 is 5.97 Å². The number of rotatable bonds is 5. The first-order chi connectivity index (χ1) is 8.47. The molecule has 0 amide bonds. The molecule has 4 heteroatoms. The lowest BCUT2D eigenvalue weighted by atomic mass is 9.86. The van der Waals surface area contributed by atoms with E-state index in [0.717, 1.165) is 0 Å². The minimum absolute atomic E-state index is 0.0344. The highest BCUT2D eigenvalue weighted by atomic mass is 16.5. The van der Waals surface area contributed by atoms with E-state index >= 15 is 0 Å². The molecule has 100 valence electrons. The molecule has 2 atom stereocenters. The minimum atomic E-state index is -0.926. The van der Waals surface area contributed by atoms with Crippen molar-refractivity contribution in [3.05, 3.63) is 29.8 Å². The second-order valence-corrected chi connectivity index (χ2v) is 4.56. The fourth-order valence-electron chi connectivity index (χ4n) is 1.88. The van der Waals surface area contributed by atoms with Crippen molar-refractivity contribution >= 4 is 5.97 Å². The first-order valence-electron chi connectivity index (χ1n) is 6.11. The van der Waals surface area contributed by atoms with E-state index in [1.807, 2.05) is 13.8 Å². The van der Waals surface area contributed by atoms with Crippen molar-refractivity contribution in [1.82, 2.24) is 0 Å². The molecule has 0 radical (unpaired) electrons. The van der Waals surface area contributed by atoms with Gasteiger partial charge in [0.25, 0.3) is 0 Å². The first kappa shape index (κ1) is 14.5. The normalized spacial score (nSPS) is 14.3. The minimum Gasteiger partial charge on any atom is -0.508 e. The molecule has 0 aliphatic rings. The monoisotopic (exact) mass is 252 g/mol. The number of phenolic OH excluding ortho intramolecular Hbond substituents is 1. The molecule has 0 saturated heterocycles. The second kappa shape index (κ2) is 6.40. The van der Waals surface area contributed by atoms with Gasteiger partial charge in [0.2, 0.25) is 0 Å². The van der Waals surface area contributed by atoms with Crippen LogP contribution >= 0.6 is 0 Å². The van der Waals surface area contributed by atoms with Gasteiger partial charge in [-0.3, -0.25) is 4.79 Å². The lowest BCUT2D eigenvalue weighted by Crippen LogP contribution is -2.29. The van der Waals surface area contributed by atoms with Crippen LogP contribution in [0.4, 0.5) is 0 Å². The van der Waals surface area contributed by atoms with Crippen LogP contribution in [-0.4, -0.2) is 22.8 Å². The standard InChI is InChI=1S/C14H20O4/c1-4-18-14(17)12(9(2)3)13(16)10-5-7-11(15)8-6-10/h5-9,12-13,15-16H,4H2,1-3H3. The Balaban J connectivity index is 2.92. The number of ether oxygens (including phenoxy) is 1. The SMILES string of the molecule is CCOC(=O)C(C(C)C)C(O)c1ccc(O)cc1. The zero-order valence-electron chi connectivity index (χ0n) is 11.0. The van der Waals surface area contributed by atoms with E-state index in [0.29, 0.717) is 12.2 Å². The number of carbonyl (C=O) groups excluding carboxylic acids is 1. The fourth-order valence-corrected chi connectivity index (χ4v) is 1.88. The zero-order valence-corrected chi connectivity index (χ0v) is 11.0. The van der Waals surface area contributed by atoms with Gasteiger partial charge in [-0.2, -0.15) is 0 Å². The number of aromatic hydroxyl groups is 1. The first-order valence-corrected chi connectivity index (χ1v) is 6.11. The van der Waals surface area contributed by atoms with E-state index < -0.39 is 18.0 Å². The molecule has 0 spiro atoms. The van der Waals surface area contributed by atoms with Gasteiger partial charge < -0.3 is 14.9 Å². The molecule has 2 N–H and O–H groups in total. The van der Waals surface area contributed by atoms with E-state index in [-0.39, 0.29) is 11.7 Å². The molecule has 18 heavy (non-hydrogen) atoms. The number of benzene rings is 1. The van der Waals surface area contributed by atoms with Crippen LogP contribution in [0.2, 0.25) is 0 Å². The van der Waals surface area contributed by atoms with Crippen LogP contribution in [-0.2, 0) is 9.53 Å². The summed E-state index contributed by atoms with van der Waals surface area (Å²) < 4.78 is 4.98. The molecule has 1 aromatic carbocycles. The molecule has 0 aliphatic carbocycles. The van der Waals surface area contributed by atoms with Gasteiger partial charge in [0, 0.05) is 0 Å². The van der Waals surface area contributed by atoms with E-state index in [1.165, 1.54) is 12.1 Å². The number of esters is 1. The lowest BCUT2D eigenvalue weighted by Gasteiger charge is -2.24. The van der Waals surface area contributed by atoms with Crippen LogP contribution < -0.4 is 0 Å². The van der Waals surface area contributed by atoms with E-state index in [2.05, 4.69) is 0 Å². The summed E-state index contributed by atoms with van der Waals surface area (Å²) in [5, 5.41) is 19.5. The van der Waals surface area contributed by atoms with Crippen molar-refractivity contribution in [2.24, 2.45) is 11.8 Å². The molecule has 0 bridgehead atoms. The summed E-state index contributed by atoms with van der Waals surface area (Å²) in [5.41, 5.74) is 0.597. The van der Waals surface area contributed by atoms with Crippen molar-refractivity contribution in [2.75, 3.05) is 6.61 Å². The van der Waals surface area contributed by atoms with Crippen LogP contribution in [0.25, 0.3) is 0 Å². The van der Waals surface area contributed by atoms with Crippen molar-refractivity contribution in [3.8, 4) is 5.75 Å². The van der Waals surface area contributed by atoms with Crippen LogP contribution in [0.3, 0.4) is 0 Å². The quantitative estimate of drug-likeness (QED) is 0.789. The van der Waals surface area contributed by atoms with E-state index in [4.69, 9.17) is 4.74 Å². The third-order valence-electron chi connectivity index (χ3n) is 2.85. The third kappa shape index (κ3) is 3.47. The maximum absolute atomic E-state index is 11.8. The highest BCUT2D eigenvalue weighted by molar-refractivity contribution is 5.73. The van der Waals surface area contributed by atoms with Gasteiger partial charge in [-0.05, 0) is 30.5 Å². The van der Waals surface area contributed by atoms with Crippen molar-refractivity contribution in [2.45, 2.75) is 26.9 Å². The summed E-state index contributed by atoms with van der Waals surface area (Å²) in [5.74, 6) is -0.904. The van der Waals surface area contributed by atoms with E-state index in [1.54, 1.807) is 19.1 Å². The smallest absolute Gasteiger partial charge is 0.312 e.